The van der Waals surface area contributed by atoms with Crippen LogP contribution in [0.1, 0.15) is 47.1 Å². The van der Waals surface area contributed by atoms with Crippen molar-refractivity contribution in [3.05, 3.63) is 59.4 Å². The SMILES string of the molecule is Cc1ncc(-c2nc(NCc3ccc(C(=O)NCCC#N)cc3)ncc2F)n1C1CCOCC1. The van der Waals surface area contributed by atoms with E-state index in [-0.39, 0.29) is 24.1 Å². The molecule has 0 radical (unpaired) electrons. The van der Waals surface area contributed by atoms with Crippen molar-refractivity contribution in [1.82, 2.24) is 24.8 Å². The fraction of sp³-hybridized carbons (Fsp3) is 0.375. The van der Waals surface area contributed by atoms with E-state index >= 15 is 0 Å². The van der Waals surface area contributed by atoms with E-state index in [1.165, 1.54) is 0 Å². The van der Waals surface area contributed by atoms with Gasteiger partial charge in [0, 0.05) is 37.9 Å². The van der Waals surface area contributed by atoms with Crippen molar-refractivity contribution in [2.75, 3.05) is 25.1 Å². The predicted octanol–water partition coefficient (Wildman–Crippen LogP) is 3.39. The zero-order chi connectivity index (χ0) is 23.9. The van der Waals surface area contributed by atoms with E-state index in [1.807, 2.05) is 29.7 Å². The van der Waals surface area contributed by atoms with Crippen LogP contribution in [-0.4, -0.2) is 45.2 Å². The quantitative estimate of drug-likeness (QED) is 0.492. The van der Waals surface area contributed by atoms with Gasteiger partial charge in [0.2, 0.25) is 5.95 Å². The molecule has 10 heteroatoms. The summed E-state index contributed by atoms with van der Waals surface area (Å²) in [5.41, 5.74) is 2.25. The first-order valence-corrected chi connectivity index (χ1v) is 11.2. The van der Waals surface area contributed by atoms with E-state index in [1.54, 1.807) is 18.3 Å². The van der Waals surface area contributed by atoms with Gasteiger partial charge in [0.1, 0.15) is 11.5 Å². The fourth-order valence-electron chi connectivity index (χ4n) is 3.95. The summed E-state index contributed by atoms with van der Waals surface area (Å²) in [6, 6.07) is 9.24. The number of amides is 1. The average molecular weight is 464 g/mol. The van der Waals surface area contributed by atoms with Gasteiger partial charge in [0.05, 0.1) is 30.6 Å². The molecule has 4 rings (SSSR count). The fourth-order valence-corrected chi connectivity index (χ4v) is 3.95. The van der Waals surface area contributed by atoms with Crippen LogP contribution in [0.15, 0.2) is 36.7 Å². The number of aryl methyl sites for hydroxylation is 1. The lowest BCUT2D eigenvalue weighted by Gasteiger charge is -2.26. The van der Waals surface area contributed by atoms with E-state index in [4.69, 9.17) is 10.00 Å². The summed E-state index contributed by atoms with van der Waals surface area (Å²) in [5, 5.41) is 14.4. The minimum absolute atomic E-state index is 0.188. The smallest absolute Gasteiger partial charge is 0.251 e. The third kappa shape index (κ3) is 5.38. The molecule has 1 saturated heterocycles. The summed E-state index contributed by atoms with van der Waals surface area (Å²) in [6.07, 6.45) is 4.77. The standard InChI is InChI=1S/C24H26FN7O2/c1-16-28-15-21(32(16)19-7-11-34-12-8-19)22-20(25)14-30-24(31-22)29-13-17-3-5-18(6-4-17)23(33)27-10-2-9-26/h3-6,14-15,19H,2,7-8,10-13H2,1H3,(H,27,33)(H,29,30,31). The Morgan fingerprint density at radius 3 is 2.74 bits per heavy atom. The van der Waals surface area contributed by atoms with E-state index < -0.39 is 5.82 Å². The van der Waals surface area contributed by atoms with Crippen molar-refractivity contribution < 1.29 is 13.9 Å². The third-order valence-corrected chi connectivity index (χ3v) is 5.71. The Kier molecular flexibility index (Phi) is 7.44. The highest BCUT2D eigenvalue weighted by molar-refractivity contribution is 5.94. The summed E-state index contributed by atoms with van der Waals surface area (Å²) < 4.78 is 22.2. The second-order valence-corrected chi connectivity index (χ2v) is 8.01. The molecule has 0 bridgehead atoms. The molecule has 3 heterocycles. The van der Waals surface area contributed by atoms with Crippen LogP contribution in [0.5, 0.6) is 0 Å². The molecule has 1 aliphatic rings. The molecule has 0 spiro atoms. The van der Waals surface area contributed by atoms with Gasteiger partial charge >= 0.3 is 0 Å². The van der Waals surface area contributed by atoms with Crippen molar-refractivity contribution in [3.8, 4) is 17.5 Å². The van der Waals surface area contributed by atoms with Crippen molar-refractivity contribution >= 4 is 11.9 Å². The lowest BCUT2D eigenvalue weighted by Crippen LogP contribution is -2.24. The number of nitrogens with one attached hydrogen (secondary N) is 2. The van der Waals surface area contributed by atoms with E-state index in [0.717, 1.165) is 30.4 Å². The molecule has 0 atom stereocenters. The Labute approximate surface area is 197 Å². The van der Waals surface area contributed by atoms with Gasteiger partial charge in [-0.1, -0.05) is 12.1 Å². The first kappa shape index (κ1) is 23.3. The highest BCUT2D eigenvalue weighted by Gasteiger charge is 2.23. The first-order chi connectivity index (χ1) is 16.6. The van der Waals surface area contributed by atoms with Crippen LogP contribution in [0.3, 0.4) is 0 Å². The summed E-state index contributed by atoms with van der Waals surface area (Å²) in [6.45, 7) is 3.96. The van der Waals surface area contributed by atoms with Crippen LogP contribution in [0.25, 0.3) is 11.4 Å². The number of carbonyl (C=O) groups is 1. The van der Waals surface area contributed by atoms with Gasteiger partial charge in [-0.25, -0.2) is 19.3 Å². The Hall–Kier alpha value is -3.84. The van der Waals surface area contributed by atoms with E-state index in [9.17, 15) is 9.18 Å². The van der Waals surface area contributed by atoms with Gasteiger partial charge in [0.15, 0.2) is 5.82 Å². The largest absolute Gasteiger partial charge is 0.381 e. The van der Waals surface area contributed by atoms with Gasteiger partial charge in [-0.15, -0.1) is 0 Å². The number of anilines is 1. The molecule has 1 fully saturated rings. The number of benzene rings is 1. The molecule has 1 amide bonds. The number of halogens is 1. The minimum atomic E-state index is -0.509. The van der Waals surface area contributed by atoms with Crippen molar-refractivity contribution in [2.45, 2.75) is 38.8 Å². The maximum Gasteiger partial charge on any atom is 0.251 e. The highest BCUT2D eigenvalue weighted by atomic mass is 19.1. The lowest BCUT2D eigenvalue weighted by atomic mass is 10.1. The molecule has 34 heavy (non-hydrogen) atoms. The van der Waals surface area contributed by atoms with Crippen LogP contribution < -0.4 is 10.6 Å². The number of hydrogen-bond acceptors (Lipinski definition) is 7. The first-order valence-electron chi connectivity index (χ1n) is 11.2. The summed E-state index contributed by atoms with van der Waals surface area (Å²) in [7, 11) is 0. The minimum Gasteiger partial charge on any atom is -0.381 e. The number of ether oxygens (including phenoxy) is 1. The molecule has 176 valence electrons. The summed E-state index contributed by atoms with van der Waals surface area (Å²) >= 11 is 0. The third-order valence-electron chi connectivity index (χ3n) is 5.71. The predicted molar refractivity (Wildman–Crippen MR) is 123 cm³/mol. The van der Waals surface area contributed by atoms with Crippen LogP contribution >= 0.6 is 0 Å². The highest BCUT2D eigenvalue weighted by Crippen LogP contribution is 2.30. The molecule has 1 aliphatic heterocycles. The lowest BCUT2D eigenvalue weighted by molar-refractivity contribution is 0.0694. The van der Waals surface area contributed by atoms with Gasteiger partial charge in [-0.2, -0.15) is 5.26 Å². The van der Waals surface area contributed by atoms with Crippen LogP contribution in [0, 0.1) is 24.1 Å². The molecule has 9 nitrogen and oxygen atoms in total. The zero-order valence-electron chi connectivity index (χ0n) is 18.9. The Bertz CT molecular complexity index is 1180. The van der Waals surface area contributed by atoms with Crippen LogP contribution in [0.2, 0.25) is 0 Å². The van der Waals surface area contributed by atoms with Crippen LogP contribution in [-0.2, 0) is 11.3 Å². The topological polar surface area (TPSA) is 118 Å². The molecular formula is C24H26FN7O2. The number of rotatable bonds is 8. The Morgan fingerprint density at radius 2 is 2.00 bits per heavy atom. The van der Waals surface area contributed by atoms with Gasteiger partial charge < -0.3 is 19.9 Å². The Balaban J connectivity index is 1.46. The van der Waals surface area contributed by atoms with Crippen LogP contribution in [0.4, 0.5) is 10.3 Å². The number of aromatic nitrogens is 4. The average Bonchev–Trinajstić information content (AvgIpc) is 3.25. The van der Waals surface area contributed by atoms with E-state index in [2.05, 4.69) is 25.6 Å². The van der Waals surface area contributed by atoms with Gasteiger partial charge in [-0.05, 0) is 37.5 Å². The number of hydrogen-bond donors (Lipinski definition) is 2. The number of carbonyl (C=O) groups excluding carboxylic acids is 1. The second kappa shape index (κ2) is 10.9. The van der Waals surface area contributed by atoms with Crippen molar-refractivity contribution in [1.29, 1.82) is 5.26 Å². The molecule has 2 N–H and O–H groups in total. The second-order valence-electron chi connectivity index (χ2n) is 8.01. The number of nitrogens with zero attached hydrogens (tertiary/aromatic N) is 5. The summed E-state index contributed by atoms with van der Waals surface area (Å²) in [5.74, 6) is 0.376. The maximum atomic E-state index is 14.7. The number of imidazole rings is 1. The van der Waals surface area contributed by atoms with Gasteiger partial charge in [-0.3, -0.25) is 4.79 Å². The molecule has 0 aliphatic carbocycles. The number of nitriles is 1. The maximum absolute atomic E-state index is 14.7. The molecule has 1 aromatic carbocycles. The van der Waals surface area contributed by atoms with Gasteiger partial charge in [0.25, 0.3) is 5.91 Å². The molecular weight excluding hydrogens is 437 g/mol. The molecule has 0 saturated carbocycles. The normalized spacial score (nSPS) is 13.9. The molecule has 2 aromatic heterocycles. The van der Waals surface area contributed by atoms with Crippen molar-refractivity contribution in [3.63, 3.8) is 0 Å². The molecule has 3 aromatic rings. The van der Waals surface area contributed by atoms with Crippen molar-refractivity contribution in [2.24, 2.45) is 0 Å². The monoisotopic (exact) mass is 463 g/mol. The summed E-state index contributed by atoms with van der Waals surface area (Å²) in [4.78, 5) is 25.0. The Morgan fingerprint density at radius 1 is 1.24 bits per heavy atom. The van der Waals surface area contributed by atoms with E-state index in [0.29, 0.717) is 43.5 Å². The molecule has 0 unspecified atom stereocenters. The zero-order valence-corrected chi connectivity index (χ0v) is 18.9.